The van der Waals surface area contributed by atoms with Gasteiger partial charge in [0.1, 0.15) is 22.3 Å². The van der Waals surface area contributed by atoms with E-state index in [0.717, 1.165) is 56.9 Å². The van der Waals surface area contributed by atoms with E-state index in [1.807, 2.05) is 32.0 Å². The summed E-state index contributed by atoms with van der Waals surface area (Å²) < 4.78 is 39.2. The maximum Gasteiger partial charge on any atom is 0.267 e. The molecule has 2 aromatic heterocycles. The molecule has 3 atom stereocenters. The zero-order valence-corrected chi connectivity index (χ0v) is 38.1. The number of hydrogen-bond acceptors (Lipinski definition) is 16. The average molecular weight is 916 g/mol. The van der Waals surface area contributed by atoms with Gasteiger partial charge in [0.15, 0.2) is 5.13 Å². The molecule has 3 aromatic rings. The molecule has 0 spiro atoms. The topological polar surface area (TPSA) is 180 Å². The number of thiazole rings is 1. The summed E-state index contributed by atoms with van der Waals surface area (Å²) in [4.78, 5) is 43.9. The number of aromatic nitrogens is 3. The predicted molar refractivity (Wildman–Crippen MR) is 243 cm³/mol. The molecule has 17 nitrogen and oxygen atoms in total. The number of fused-ring (bicyclic) bond motifs is 2. The molecule has 63 heavy (non-hydrogen) atoms. The summed E-state index contributed by atoms with van der Waals surface area (Å²) >= 11 is 7.53. The molecule has 1 aromatic carbocycles. The van der Waals surface area contributed by atoms with Gasteiger partial charge >= 0.3 is 0 Å². The number of hydrogen-bond donors (Lipinski definition) is 3. The molecular weight excluding hydrogens is 852 g/mol. The minimum atomic E-state index is -0.274. The second-order valence-electron chi connectivity index (χ2n) is 15.5. The third-order valence-electron chi connectivity index (χ3n) is 10.9. The quantitative estimate of drug-likeness (QED) is 0.0615. The zero-order valence-electron chi connectivity index (χ0n) is 36.5. The van der Waals surface area contributed by atoms with Crippen molar-refractivity contribution in [3.8, 4) is 0 Å². The maximum absolute atomic E-state index is 12.9. The van der Waals surface area contributed by atoms with Crippen molar-refractivity contribution in [1.29, 1.82) is 0 Å². The number of amides is 2. The average Bonchev–Trinajstić information content (AvgIpc) is 4.05. The molecule has 346 valence electrons. The Bertz CT molecular complexity index is 1860. The number of ether oxygens (including phenoxy) is 7. The van der Waals surface area contributed by atoms with E-state index in [0.29, 0.717) is 143 Å². The van der Waals surface area contributed by atoms with Gasteiger partial charge in [-0.1, -0.05) is 47.2 Å². The largest absolute Gasteiger partial charge is 0.378 e. The van der Waals surface area contributed by atoms with Crippen LogP contribution in [0, 0.1) is 31.6 Å². The number of nitrogens with one attached hydrogen (secondary N) is 3. The molecule has 1 aliphatic heterocycles. The Labute approximate surface area is 379 Å². The van der Waals surface area contributed by atoms with Crippen LogP contribution in [0.3, 0.4) is 0 Å². The fourth-order valence-corrected chi connectivity index (χ4v) is 8.55. The Morgan fingerprint density at radius 1 is 0.778 bits per heavy atom. The number of halogens is 1. The van der Waals surface area contributed by atoms with Gasteiger partial charge in [0.05, 0.1) is 109 Å². The molecule has 3 aliphatic rings. The van der Waals surface area contributed by atoms with Gasteiger partial charge in [-0.2, -0.15) is 0 Å². The van der Waals surface area contributed by atoms with Crippen LogP contribution in [0.4, 0.5) is 22.5 Å². The van der Waals surface area contributed by atoms with Crippen molar-refractivity contribution in [2.75, 3.05) is 147 Å². The van der Waals surface area contributed by atoms with E-state index < -0.39 is 0 Å². The van der Waals surface area contributed by atoms with Crippen LogP contribution < -0.4 is 20.9 Å². The minimum Gasteiger partial charge on any atom is -0.378 e. The van der Waals surface area contributed by atoms with Crippen molar-refractivity contribution in [2.45, 2.75) is 26.7 Å². The highest BCUT2D eigenvalue weighted by molar-refractivity contribution is 7.17. The first kappa shape index (κ1) is 48.6. The second-order valence-corrected chi connectivity index (χ2v) is 16.9. The summed E-state index contributed by atoms with van der Waals surface area (Å²) in [6, 6.07) is 7.40. The Kier molecular flexibility index (Phi) is 20.7. The number of rotatable bonds is 30. The van der Waals surface area contributed by atoms with E-state index >= 15 is 0 Å². The normalized spacial score (nSPS) is 18.3. The molecule has 3 N–H and O–H groups in total. The molecule has 19 heteroatoms. The fourth-order valence-electron chi connectivity index (χ4n) is 7.57. The molecule has 1 saturated carbocycles. The van der Waals surface area contributed by atoms with Crippen LogP contribution in [0.25, 0.3) is 0 Å². The van der Waals surface area contributed by atoms with Crippen LogP contribution in [-0.2, 0) is 38.0 Å². The van der Waals surface area contributed by atoms with Gasteiger partial charge in [-0.25, -0.2) is 15.0 Å². The number of piperazine rings is 1. The van der Waals surface area contributed by atoms with E-state index in [4.69, 9.17) is 44.8 Å². The molecule has 0 radical (unpaired) electrons. The van der Waals surface area contributed by atoms with Gasteiger partial charge in [-0.05, 0) is 50.2 Å². The number of nitrogens with zero attached hydrogens (tertiary/aromatic N) is 5. The number of benzene rings is 1. The van der Waals surface area contributed by atoms with Gasteiger partial charge in [0, 0.05) is 51.3 Å². The highest BCUT2D eigenvalue weighted by Gasteiger charge is 2.39. The van der Waals surface area contributed by atoms with Crippen LogP contribution in [-0.4, -0.2) is 163 Å². The Hall–Kier alpha value is -3.82. The van der Waals surface area contributed by atoms with E-state index in [9.17, 15) is 9.59 Å². The Morgan fingerprint density at radius 2 is 1.40 bits per heavy atom. The molecular formula is C44H63ClN8O9S. The summed E-state index contributed by atoms with van der Waals surface area (Å²) in [6.45, 7) is 15.7. The highest BCUT2D eigenvalue weighted by atomic mass is 35.5. The maximum atomic E-state index is 12.9. The van der Waals surface area contributed by atoms with Gasteiger partial charge in [0.2, 0.25) is 5.91 Å². The molecule has 2 aliphatic carbocycles. The first-order chi connectivity index (χ1) is 30.8. The lowest BCUT2D eigenvalue weighted by Gasteiger charge is -2.35. The first-order valence-electron chi connectivity index (χ1n) is 21.9. The van der Waals surface area contributed by atoms with E-state index in [1.165, 1.54) is 17.5 Å². The van der Waals surface area contributed by atoms with Crippen molar-refractivity contribution in [2.24, 2.45) is 17.8 Å². The van der Waals surface area contributed by atoms with Crippen molar-refractivity contribution in [3.05, 3.63) is 63.9 Å². The van der Waals surface area contributed by atoms with Crippen molar-refractivity contribution < 1.29 is 42.7 Å². The van der Waals surface area contributed by atoms with Gasteiger partial charge in [0.25, 0.3) is 5.91 Å². The molecule has 3 heterocycles. The van der Waals surface area contributed by atoms with Crippen LogP contribution in [0.15, 0.2) is 42.6 Å². The monoisotopic (exact) mass is 914 g/mol. The highest BCUT2D eigenvalue weighted by Crippen LogP contribution is 2.43. The van der Waals surface area contributed by atoms with Crippen LogP contribution >= 0.6 is 22.9 Å². The number of aryl methyl sites for hydroxylation is 2. The number of carbonyl (C=O) groups excluding carboxylic acids is 2. The number of anilines is 4. The molecule has 0 unspecified atom stereocenters. The molecule has 1 saturated heterocycles. The second kappa shape index (κ2) is 26.8. The lowest BCUT2D eigenvalue weighted by Crippen LogP contribution is -2.47. The lowest BCUT2D eigenvalue weighted by atomic mass is 9.93. The van der Waals surface area contributed by atoms with Crippen LogP contribution in [0.5, 0.6) is 0 Å². The van der Waals surface area contributed by atoms with Crippen molar-refractivity contribution >= 4 is 57.2 Å². The summed E-state index contributed by atoms with van der Waals surface area (Å²) in [5.74, 6) is 3.15. The summed E-state index contributed by atoms with van der Waals surface area (Å²) in [5, 5.41) is 10.2. The van der Waals surface area contributed by atoms with Crippen LogP contribution in [0.2, 0.25) is 5.02 Å². The van der Waals surface area contributed by atoms with Gasteiger partial charge in [-0.3, -0.25) is 14.5 Å². The first-order valence-corrected chi connectivity index (χ1v) is 23.1. The van der Waals surface area contributed by atoms with E-state index in [1.54, 1.807) is 6.07 Å². The fraction of sp³-hybridized carbons (Fsp3) is 0.614. The predicted octanol–water partition coefficient (Wildman–Crippen LogP) is 4.77. The number of allylic oxidation sites excluding steroid dienone is 2. The number of para-hydroxylation sites is 1. The molecule has 2 fully saturated rings. The smallest absolute Gasteiger partial charge is 0.267 e. The van der Waals surface area contributed by atoms with Crippen molar-refractivity contribution in [1.82, 2.24) is 25.2 Å². The summed E-state index contributed by atoms with van der Waals surface area (Å²) in [5.41, 5.74) is 1.47. The van der Waals surface area contributed by atoms with Crippen molar-refractivity contribution in [3.63, 3.8) is 0 Å². The zero-order chi connectivity index (χ0) is 44.1. The molecule has 6 rings (SSSR count). The third kappa shape index (κ3) is 16.6. The third-order valence-corrected chi connectivity index (χ3v) is 12.1. The van der Waals surface area contributed by atoms with Gasteiger partial charge in [-0.15, -0.1) is 0 Å². The Balaban J connectivity index is 0.686. The summed E-state index contributed by atoms with van der Waals surface area (Å²) in [6.07, 6.45) is 8.09. The Morgan fingerprint density at radius 3 is 1.98 bits per heavy atom. The lowest BCUT2D eigenvalue weighted by molar-refractivity contribution is -0.126. The summed E-state index contributed by atoms with van der Waals surface area (Å²) in [7, 11) is 0. The number of carbonyl (C=O) groups is 2. The molecule has 2 amide bonds. The molecule has 2 bridgehead atoms. The van der Waals surface area contributed by atoms with Crippen LogP contribution in [0.1, 0.15) is 33.9 Å². The van der Waals surface area contributed by atoms with E-state index in [2.05, 4.69) is 52.9 Å². The SMILES string of the molecule is Cc1nc(Nc2ncc(C(=O)Nc3c(C)cccc3Cl)s2)cc(N2CCN(CCOCCOCCOCCOCCOCCOCCOCCNC(=O)[C@H]3C[C@H]4C=C[C@@H]3C4)CC2)n1. The standard InChI is InChI=1S/C44H63ClN8O9S/c1-32-4-3-5-37(45)41(32)51-43(55)38-31-47-44(63-38)50-39-30-40(49-33(2)48-39)53-11-9-52(10-12-53)13-15-57-17-19-59-21-23-61-25-27-62-26-24-60-22-20-58-18-16-56-14-8-46-42(54)36-29-34-6-7-35(36)28-34/h3-7,30-31,34-36H,8-29H2,1-2H3,(H,46,54)(H,51,55)(H,47,48,49,50)/t34-,35+,36-/m0/s1. The van der Waals surface area contributed by atoms with E-state index in [-0.39, 0.29) is 17.7 Å². The van der Waals surface area contributed by atoms with Gasteiger partial charge < -0.3 is 54.0 Å². The minimum absolute atomic E-state index is 0.137.